The van der Waals surface area contributed by atoms with E-state index < -0.39 is 0 Å². The Morgan fingerprint density at radius 2 is 2.22 bits per heavy atom. The number of aromatic nitrogens is 1. The van der Waals surface area contributed by atoms with Crippen molar-refractivity contribution in [2.75, 3.05) is 57.2 Å². The number of hydrogen-bond donors (Lipinski definition) is 0. The van der Waals surface area contributed by atoms with E-state index in [2.05, 4.69) is 9.88 Å². The number of morpholine rings is 1. The zero-order chi connectivity index (χ0) is 16.7. The van der Waals surface area contributed by atoms with E-state index in [0.29, 0.717) is 18.7 Å². The summed E-state index contributed by atoms with van der Waals surface area (Å²) in [5.74, 6) is 1.75. The molecule has 0 unspecified atom stereocenters. The van der Waals surface area contributed by atoms with Gasteiger partial charge in [-0.05, 0) is 30.5 Å². The van der Waals surface area contributed by atoms with E-state index in [1.54, 1.807) is 17.6 Å². The Morgan fingerprint density at radius 1 is 1.48 bits per heavy atom. The van der Waals surface area contributed by atoms with E-state index in [9.17, 15) is 4.79 Å². The third kappa shape index (κ3) is 4.83. The number of carbonyl (C=O) groups is 1. The number of ether oxygens (including phenoxy) is 2. The largest absolute Gasteiger partial charge is 0.383 e. The van der Waals surface area contributed by atoms with Crippen molar-refractivity contribution in [3.8, 4) is 0 Å². The van der Waals surface area contributed by atoms with E-state index in [0.717, 1.165) is 43.4 Å². The highest BCUT2D eigenvalue weighted by Crippen LogP contribution is 2.21. The van der Waals surface area contributed by atoms with Crippen LogP contribution in [0, 0.1) is 6.92 Å². The number of carbonyl (C=O) groups excluding carboxylic acids is 1. The first-order valence-electron chi connectivity index (χ1n) is 7.90. The molecule has 0 aliphatic carbocycles. The first-order valence-corrected chi connectivity index (χ1v) is 8.84. The molecule has 0 N–H and O–H groups in total. The summed E-state index contributed by atoms with van der Waals surface area (Å²) >= 11 is 1.51. The van der Waals surface area contributed by atoms with Crippen molar-refractivity contribution in [3.63, 3.8) is 0 Å². The average molecular weight is 339 g/mol. The summed E-state index contributed by atoms with van der Waals surface area (Å²) in [6, 6.07) is 1.99. The molecule has 23 heavy (non-hydrogen) atoms. The van der Waals surface area contributed by atoms with Gasteiger partial charge < -0.3 is 14.4 Å². The van der Waals surface area contributed by atoms with Crippen LogP contribution in [0.1, 0.15) is 22.8 Å². The molecular formula is C16H25N3O3S. The zero-order valence-electron chi connectivity index (χ0n) is 14.1. The van der Waals surface area contributed by atoms with Gasteiger partial charge in [0.2, 0.25) is 0 Å². The van der Waals surface area contributed by atoms with Crippen molar-refractivity contribution in [1.29, 1.82) is 0 Å². The number of methoxy groups -OCH3 is 1. The van der Waals surface area contributed by atoms with E-state index in [-0.39, 0.29) is 5.91 Å². The Labute approximate surface area is 142 Å². The van der Waals surface area contributed by atoms with Gasteiger partial charge in [-0.25, -0.2) is 4.98 Å². The second-order valence-electron chi connectivity index (χ2n) is 5.27. The van der Waals surface area contributed by atoms with Gasteiger partial charge in [0.15, 0.2) is 0 Å². The molecule has 0 spiro atoms. The Morgan fingerprint density at radius 3 is 2.83 bits per heavy atom. The van der Waals surface area contributed by atoms with Crippen LogP contribution in [0.2, 0.25) is 0 Å². The maximum Gasteiger partial charge on any atom is 0.265 e. The number of aryl methyl sites for hydroxylation is 1. The van der Waals surface area contributed by atoms with Crippen LogP contribution < -0.4 is 4.90 Å². The molecule has 0 atom stereocenters. The molecule has 2 rings (SSSR count). The van der Waals surface area contributed by atoms with Crippen molar-refractivity contribution in [2.24, 2.45) is 0 Å². The first-order chi connectivity index (χ1) is 11.2. The van der Waals surface area contributed by atoms with E-state index >= 15 is 0 Å². The lowest BCUT2D eigenvalue weighted by Crippen LogP contribution is -2.37. The molecule has 0 bridgehead atoms. The Bertz CT molecular complexity index is 521. The molecule has 1 aromatic rings. The lowest BCUT2D eigenvalue weighted by molar-refractivity contribution is 0.0837. The minimum Gasteiger partial charge on any atom is -0.383 e. The van der Waals surface area contributed by atoms with E-state index in [4.69, 9.17) is 9.47 Å². The fourth-order valence-electron chi connectivity index (χ4n) is 2.42. The molecule has 1 aliphatic rings. The van der Waals surface area contributed by atoms with E-state index in [1.165, 1.54) is 11.9 Å². The molecule has 0 radical (unpaired) electrons. The maximum absolute atomic E-state index is 12.7. The highest BCUT2D eigenvalue weighted by Gasteiger charge is 2.20. The third-order valence-corrected chi connectivity index (χ3v) is 4.59. The number of rotatable bonds is 7. The number of hydrogen-bond acceptors (Lipinski definition) is 6. The summed E-state index contributed by atoms with van der Waals surface area (Å²) in [5.41, 5.74) is 1.60. The Kier molecular flexibility index (Phi) is 7.14. The van der Waals surface area contributed by atoms with Gasteiger partial charge in [0.05, 0.1) is 31.9 Å². The average Bonchev–Trinajstić information content (AvgIpc) is 2.58. The summed E-state index contributed by atoms with van der Waals surface area (Å²) in [5, 5.41) is 0. The van der Waals surface area contributed by atoms with Gasteiger partial charge in [0.25, 0.3) is 5.91 Å². The smallest absolute Gasteiger partial charge is 0.265 e. The maximum atomic E-state index is 12.7. The molecule has 6 nitrogen and oxygen atoms in total. The molecule has 0 saturated carbocycles. The van der Waals surface area contributed by atoms with E-state index in [1.807, 2.05) is 19.9 Å². The van der Waals surface area contributed by atoms with Crippen molar-refractivity contribution < 1.29 is 14.3 Å². The first kappa shape index (κ1) is 18.0. The van der Waals surface area contributed by atoms with Crippen molar-refractivity contribution >= 4 is 23.7 Å². The van der Waals surface area contributed by atoms with Crippen LogP contribution in [0.5, 0.6) is 0 Å². The SMILES string of the molecule is CCSN(CCOC)C(=O)c1cnc(N2CCOCC2)cc1C. The minimum absolute atomic E-state index is 0.00701. The van der Waals surface area contributed by atoms with Crippen LogP contribution in [0.25, 0.3) is 0 Å². The molecule has 1 aromatic heterocycles. The molecular weight excluding hydrogens is 314 g/mol. The third-order valence-electron chi connectivity index (χ3n) is 3.67. The monoisotopic (exact) mass is 339 g/mol. The van der Waals surface area contributed by atoms with Crippen LogP contribution in [-0.2, 0) is 9.47 Å². The number of nitrogens with zero attached hydrogens (tertiary/aromatic N) is 3. The van der Waals surface area contributed by atoms with Gasteiger partial charge in [-0.1, -0.05) is 6.92 Å². The second-order valence-corrected chi connectivity index (χ2v) is 6.55. The topological polar surface area (TPSA) is 54.9 Å². The summed E-state index contributed by atoms with van der Waals surface area (Å²) in [6.07, 6.45) is 1.69. The van der Waals surface area contributed by atoms with Gasteiger partial charge >= 0.3 is 0 Å². The van der Waals surface area contributed by atoms with Crippen molar-refractivity contribution in [1.82, 2.24) is 9.29 Å². The van der Waals surface area contributed by atoms with Crippen LogP contribution in [-0.4, -0.2) is 67.5 Å². The normalized spacial score (nSPS) is 14.8. The van der Waals surface area contributed by atoms with Gasteiger partial charge in [-0.2, -0.15) is 0 Å². The highest BCUT2D eigenvalue weighted by molar-refractivity contribution is 7.97. The van der Waals surface area contributed by atoms with Crippen LogP contribution in [0.15, 0.2) is 12.3 Å². The highest BCUT2D eigenvalue weighted by atomic mass is 32.2. The lowest BCUT2D eigenvalue weighted by Gasteiger charge is -2.28. The zero-order valence-corrected chi connectivity index (χ0v) is 14.9. The predicted molar refractivity (Wildman–Crippen MR) is 93.1 cm³/mol. The Balaban J connectivity index is 2.12. The molecule has 7 heteroatoms. The molecule has 1 saturated heterocycles. The van der Waals surface area contributed by atoms with Crippen LogP contribution in [0.4, 0.5) is 5.82 Å². The van der Waals surface area contributed by atoms with Gasteiger partial charge in [-0.3, -0.25) is 9.10 Å². The number of anilines is 1. The summed E-state index contributed by atoms with van der Waals surface area (Å²) in [6.45, 7) is 8.21. The molecule has 0 aromatic carbocycles. The molecule has 1 aliphatic heterocycles. The summed E-state index contributed by atoms with van der Waals surface area (Å²) in [4.78, 5) is 19.4. The summed E-state index contributed by atoms with van der Waals surface area (Å²) < 4.78 is 12.2. The molecule has 2 heterocycles. The lowest BCUT2D eigenvalue weighted by atomic mass is 10.1. The second kappa shape index (κ2) is 9.10. The van der Waals surface area contributed by atoms with Gasteiger partial charge in [0.1, 0.15) is 5.82 Å². The van der Waals surface area contributed by atoms with Crippen molar-refractivity contribution in [2.45, 2.75) is 13.8 Å². The molecule has 1 amide bonds. The van der Waals surface area contributed by atoms with Crippen LogP contribution in [0.3, 0.4) is 0 Å². The molecule has 1 fully saturated rings. The minimum atomic E-state index is -0.00701. The van der Waals surface area contributed by atoms with Crippen molar-refractivity contribution in [3.05, 3.63) is 23.4 Å². The number of amides is 1. The summed E-state index contributed by atoms with van der Waals surface area (Å²) in [7, 11) is 1.64. The predicted octanol–water partition coefficient (Wildman–Crippen LogP) is 1.98. The fourth-order valence-corrected chi connectivity index (χ4v) is 3.15. The van der Waals surface area contributed by atoms with Gasteiger partial charge in [-0.15, -0.1) is 0 Å². The quantitative estimate of drug-likeness (QED) is 0.708. The van der Waals surface area contributed by atoms with Gasteiger partial charge in [0, 0.05) is 32.1 Å². The van der Waals surface area contributed by atoms with Crippen LogP contribution >= 0.6 is 11.9 Å². The fraction of sp³-hybridized carbons (Fsp3) is 0.625. The Hall–Kier alpha value is -1.31. The standard InChI is InChI=1S/C16H25N3O3S/c1-4-23-19(7-8-21-3)16(20)14-12-17-15(11-13(14)2)18-5-9-22-10-6-18/h11-12H,4-10H2,1-3H3. The number of pyridine rings is 1. The molecule has 128 valence electrons.